The summed E-state index contributed by atoms with van der Waals surface area (Å²) in [6.45, 7) is 6.83. The van der Waals surface area contributed by atoms with Crippen LogP contribution in [0.1, 0.15) is 26.2 Å². The van der Waals surface area contributed by atoms with E-state index >= 15 is 0 Å². The molecule has 2 heteroatoms. The Labute approximate surface area is 86.9 Å². The van der Waals surface area contributed by atoms with Crippen LogP contribution in [0.5, 0.6) is 0 Å². The minimum atomic E-state index is 0.259. The smallest absolute Gasteiger partial charge is 0.0529 e. The molecule has 0 aliphatic rings. The van der Waals surface area contributed by atoms with E-state index in [2.05, 4.69) is 56.7 Å². The van der Waals surface area contributed by atoms with Crippen LogP contribution in [-0.2, 0) is 12.5 Å². The summed E-state index contributed by atoms with van der Waals surface area (Å²) in [4.78, 5) is 0. The van der Waals surface area contributed by atoms with Crippen molar-refractivity contribution in [2.24, 2.45) is 7.05 Å². The molecule has 0 N–H and O–H groups in total. The van der Waals surface area contributed by atoms with Crippen molar-refractivity contribution in [3.05, 3.63) is 29.7 Å². The molecule has 0 bridgehead atoms. The Kier molecular flexibility index (Phi) is 2.16. The average Bonchev–Trinajstić information content (AvgIpc) is 2.44. The zero-order valence-electron chi connectivity index (χ0n) is 9.20. The number of aryl methyl sites for hydroxylation is 1. The van der Waals surface area contributed by atoms with Gasteiger partial charge in [-0.25, -0.2) is 0 Å². The Morgan fingerprint density at radius 1 is 1.14 bits per heavy atom. The van der Waals surface area contributed by atoms with Crippen molar-refractivity contribution in [3.8, 4) is 0 Å². The number of nitrogens with zero attached hydrogens (tertiary/aromatic N) is 1. The van der Waals surface area contributed by atoms with Gasteiger partial charge in [0.25, 0.3) is 0 Å². The number of benzene rings is 1. The van der Waals surface area contributed by atoms with E-state index in [9.17, 15) is 0 Å². The second kappa shape index (κ2) is 3.10. The third-order valence-electron chi connectivity index (χ3n) is 2.46. The molecule has 2 aromatic rings. The lowest BCUT2D eigenvalue weighted by Crippen LogP contribution is -2.14. The van der Waals surface area contributed by atoms with Gasteiger partial charge in [-0.05, 0) is 20.3 Å². The van der Waals surface area contributed by atoms with Crippen molar-refractivity contribution in [3.63, 3.8) is 0 Å². The molecule has 0 spiro atoms. The first-order valence-electron chi connectivity index (χ1n) is 4.92. The third kappa shape index (κ3) is 1.46. The summed E-state index contributed by atoms with van der Waals surface area (Å²) in [7, 11) is 3.54. The first-order valence-corrected chi connectivity index (χ1v) is 5.81. The number of rotatable bonds is 0. The minimum absolute atomic E-state index is 0.259. The first-order chi connectivity index (χ1) is 6.50. The van der Waals surface area contributed by atoms with E-state index in [0.717, 1.165) is 0 Å². The third-order valence-corrected chi connectivity index (χ3v) is 4.26. The predicted octanol–water partition coefficient (Wildman–Crippen LogP) is 4.06. The zero-order valence-corrected chi connectivity index (χ0v) is 10.1. The van der Waals surface area contributed by atoms with E-state index in [-0.39, 0.29) is 5.41 Å². The molecule has 1 aromatic heterocycles. The maximum atomic E-state index is 2.33. The molecule has 0 saturated carbocycles. The highest BCUT2D eigenvalue weighted by Crippen LogP contribution is 2.37. The van der Waals surface area contributed by atoms with Gasteiger partial charge < -0.3 is 4.57 Å². The van der Waals surface area contributed by atoms with Gasteiger partial charge in [-0.2, -0.15) is 0 Å². The van der Waals surface area contributed by atoms with Crippen LogP contribution < -0.4 is 0 Å². The highest BCUT2D eigenvalue weighted by molar-refractivity contribution is 7.37. The van der Waals surface area contributed by atoms with Gasteiger partial charge >= 0.3 is 0 Å². The van der Waals surface area contributed by atoms with Crippen LogP contribution >= 0.6 is 8.19 Å². The summed E-state index contributed by atoms with van der Waals surface area (Å²) < 4.78 is 2.33. The second-order valence-corrected chi connectivity index (χ2v) is 5.86. The molecule has 0 aliphatic heterocycles. The summed E-state index contributed by atoms with van der Waals surface area (Å²) in [6.07, 6.45) is 0. The molecule has 0 unspecified atom stereocenters. The Balaban J connectivity index is 2.75. The normalized spacial score (nSPS) is 12.9. The lowest BCUT2D eigenvalue weighted by molar-refractivity contribution is 0.561. The van der Waals surface area contributed by atoms with Gasteiger partial charge in [-0.1, -0.05) is 32.9 Å². The van der Waals surface area contributed by atoms with E-state index in [1.165, 1.54) is 24.3 Å². The van der Waals surface area contributed by atoms with Gasteiger partial charge in [0.05, 0.1) is 10.9 Å². The highest BCUT2D eigenvalue weighted by Gasteiger charge is 2.19. The molecule has 0 atom stereocenters. The van der Waals surface area contributed by atoms with Crippen LogP contribution in [0.25, 0.3) is 10.6 Å². The van der Waals surface area contributed by atoms with E-state index < -0.39 is 0 Å². The molecule has 0 radical (unpaired) electrons. The van der Waals surface area contributed by atoms with E-state index in [1.807, 2.05) is 0 Å². The largest absolute Gasteiger partial charge is 0.343 e. The van der Waals surface area contributed by atoms with Crippen LogP contribution in [0.15, 0.2) is 24.3 Å². The van der Waals surface area contributed by atoms with Crippen LogP contribution in [0.4, 0.5) is 0 Å². The summed E-state index contributed by atoms with van der Waals surface area (Å²) >= 11 is 0. The number of aromatic nitrogens is 1. The molecule has 74 valence electrons. The first kappa shape index (κ1) is 9.73. The molecular weight excluding hydrogens is 189 g/mol. The Morgan fingerprint density at radius 3 is 2.36 bits per heavy atom. The topological polar surface area (TPSA) is 4.93 Å². The number of hydrogen-bond acceptors (Lipinski definition) is 0. The Morgan fingerprint density at radius 2 is 1.79 bits per heavy atom. The van der Waals surface area contributed by atoms with E-state index in [1.54, 1.807) is 0 Å². The molecule has 1 nitrogen and oxygen atoms in total. The van der Waals surface area contributed by atoms with Crippen LogP contribution in [0, 0.1) is 0 Å². The van der Waals surface area contributed by atoms with Crippen molar-refractivity contribution in [1.82, 2.24) is 4.57 Å². The molecule has 1 heterocycles. The molecule has 1 aromatic carbocycles. The van der Waals surface area contributed by atoms with Gasteiger partial charge in [0.2, 0.25) is 0 Å². The van der Waals surface area contributed by atoms with Gasteiger partial charge in [0.15, 0.2) is 0 Å². The molecule has 2 rings (SSSR count). The number of hydrogen-bond donors (Lipinski definition) is 0. The van der Waals surface area contributed by atoms with Crippen molar-refractivity contribution >= 4 is 18.8 Å². The average molecular weight is 205 g/mol. The molecule has 0 fully saturated rings. The molecule has 14 heavy (non-hydrogen) atoms. The fourth-order valence-electron chi connectivity index (χ4n) is 1.82. The molecule has 0 saturated heterocycles. The second-order valence-electron chi connectivity index (χ2n) is 4.73. The van der Waals surface area contributed by atoms with Crippen molar-refractivity contribution in [2.45, 2.75) is 26.2 Å². The Hall–Kier alpha value is -0.810. The van der Waals surface area contributed by atoms with Crippen molar-refractivity contribution in [1.29, 1.82) is 0 Å². The summed E-state index contributed by atoms with van der Waals surface area (Å²) in [5.41, 5.74) is 3.10. The van der Waals surface area contributed by atoms with E-state index in [0.29, 0.717) is 0 Å². The summed E-state index contributed by atoms with van der Waals surface area (Å²) in [6, 6.07) is 8.63. The molecule has 0 aliphatic carbocycles. The summed E-state index contributed by atoms with van der Waals surface area (Å²) in [5, 5.41) is 1.43. The van der Waals surface area contributed by atoms with Gasteiger partial charge in [0, 0.05) is 17.6 Å². The van der Waals surface area contributed by atoms with Crippen LogP contribution in [-0.4, -0.2) is 4.57 Å². The van der Waals surface area contributed by atoms with Crippen LogP contribution in [0.2, 0.25) is 0 Å². The van der Waals surface area contributed by atoms with Gasteiger partial charge in [-0.15, -0.1) is 0 Å². The molecule has 0 amide bonds. The van der Waals surface area contributed by atoms with Gasteiger partial charge in [-0.3, -0.25) is 0 Å². The lowest BCUT2D eigenvalue weighted by Gasteiger charge is -2.18. The predicted molar refractivity (Wildman–Crippen MR) is 64.1 cm³/mol. The zero-order chi connectivity index (χ0) is 10.3. The highest BCUT2D eigenvalue weighted by atomic mass is 31.0. The number of para-hydroxylation sites is 1. The molecular formula is C12H16NP. The SMILES string of the molecule is Cn1c(C(C)(C)C)pc2ccccc21. The fourth-order valence-corrected chi connectivity index (χ4v) is 3.14. The van der Waals surface area contributed by atoms with E-state index in [4.69, 9.17) is 0 Å². The summed E-state index contributed by atoms with van der Waals surface area (Å²) in [5.74, 6) is 0. The van der Waals surface area contributed by atoms with Crippen molar-refractivity contribution in [2.75, 3.05) is 0 Å². The maximum absolute atomic E-state index is 2.33. The number of fused-ring (bicyclic) bond motifs is 1. The standard InChI is InChI=1S/C12H16NP/c1-12(2,3)11-13(4)9-7-5-6-8-10(9)14-11/h5-8H,1-4H3. The quantitative estimate of drug-likeness (QED) is 0.611. The Bertz CT molecular complexity index is 463. The fraction of sp³-hybridized carbons (Fsp3) is 0.417. The van der Waals surface area contributed by atoms with Gasteiger partial charge in [0.1, 0.15) is 0 Å². The monoisotopic (exact) mass is 205 g/mol. The lowest BCUT2D eigenvalue weighted by atomic mass is 9.98. The maximum Gasteiger partial charge on any atom is 0.0529 e. The van der Waals surface area contributed by atoms with Crippen molar-refractivity contribution < 1.29 is 0 Å². The minimum Gasteiger partial charge on any atom is -0.343 e. The van der Waals surface area contributed by atoms with Crippen LogP contribution in [0.3, 0.4) is 0 Å².